The number of carbonyl (C=O) groups is 2. The van der Waals surface area contributed by atoms with Gasteiger partial charge in [0.1, 0.15) is 5.01 Å². The molecule has 5 nitrogen and oxygen atoms in total. The highest BCUT2D eigenvalue weighted by molar-refractivity contribution is 7.18. The number of benzene rings is 1. The summed E-state index contributed by atoms with van der Waals surface area (Å²) in [6.45, 7) is 6.71. The van der Waals surface area contributed by atoms with Gasteiger partial charge in [0.05, 0.1) is 22.2 Å². The van der Waals surface area contributed by atoms with Crippen LogP contribution in [-0.2, 0) is 9.59 Å². The summed E-state index contributed by atoms with van der Waals surface area (Å²) in [6, 6.07) is 7.92. The van der Waals surface area contributed by atoms with Crippen LogP contribution < -0.4 is 0 Å². The second kappa shape index (κ2) is 7.35. The molecule has 6 heteroatoms. The van der Waals surface area contributed by atoms with E-state index in [-0.39, 0.29) is 23.8 Å². The molecule has 1 aromatic carbocycles. The molecule has 2 heterocycles. The number of hydrogen-bond donors (Lipinski definition) is 0. The highest BCUT2D eigenvalue weighted by atomic mass is 32.1. The maximum atomic E-state index is 12.9. The molecule has 2 aromatic rings. The van der Waals surface area contributed by atoms with Crippen molar-refractivity contribution in [1.82, 2.24) is 14.8 Å². The molecule has 0 bridgehead atoms. The second-order valence-electron chi connectivity index (χ2n) is 6.47. The third kappa shape index (κ3) is 3.58. The van der Waals surface area contributed by atoms with Crippen molar-refractivity contribution in [3.63, 3.8) is 0 Å². The number of fused-ring (bicyclic) bond motifs is 1. The second-order valence-corrected chi connectivity index (χ2v) is 7.53. The summed E-state index contributed by atoms with van der Waals surface area (Å²) in [5, 5.41) is 0.937. The van der Waals surface area contributed by atoms with Crippen molar-refractivity contribution < 1.29 is 9.59 Å². The summed E-state index contributed by atoms with van der Waals surface area (Å²) in [7, 11) is 1.83. The Morgan fingerprint density at radius 1 is 1.44 bits per heavy atom. The van der Waals surface area contributed by atoms with E-state index < -0.39 is 0 Å². The lowest BCUT2D eigenvalue weighted by atomic mass is 9.96. The van der Waals surface area contributed by atoms with E-state index in [4.69, 9.17) is 0 Å². The highest BCUT2D eigenvalue weighted by Crippen LogP contribution is 2.30. The molecule has 0 spiro atoms. The third-order valence-corrected chi connectivity index (χ3v) is 6.06. The Balaban J connectivity index is 1.72. The fourth-order valence-corrected chi connectivity index (χ4v) is 4.28. The zero-order valence-electron chi connectivity index (χ0n) is 14.6. The van der Waals surface area contributed by atoms with E-state index in [0.29, 0.717) is 13.1 Å². The van der Waals surface area contributed by atoms with Gasteiger partial charge in [-0.25, -0.2) is 4.98 Å². The summed E-state index contributed by atoms with van der Waals surface area (Å²) in [5.74, 6) is -0.174. The number of para-hydroxylation sites is 1. The van der Waals surface area contributed by atoms with Crippen LogP contribution in [0.25, 0.3) is 10.2 Å². The lowest BCUT2D eigenvalue weighted by molar-refractivity contribution is -0.140. The molecule has 1 aliphatic rings. The van der Waals surface area contributed by atoms with Crippen molar-refractivity contribution in [2.75, 3.05) is 20.1 Å². The number of nitrogens with zero attached hydrogens (tertiary/aromatic N) is 3. The highest BCUT2D eigenvalue weighted by Gasteiger charge is 2.31. The first-order valence-electron chi connectivity index (χ1n) is 8.54. The SMILES string of the molecule is C=CC(=O)N1CCCC(C(=O)N(C)C(C)c2nc3ccccc3s2)C1. The van der Waals surface area contributed by atoms with Crippen LogP contribution >= 0.6 is 11.3 Å². The van der Waals surface area contributed by atoms with E-state index in [2.05, 4.69) is 11.6 Å². The number of rotatable bonds is 4. The van der Waals surface area contributed by atoms with Gasteiger partial charge in [0.15, 0.2) is 0 Å². The quantitative estimate of drug-likeness (QED) is 0.790. The molecule has 0 aliphatic carbocycles. The summed E-state index contributed by atoms with van der Waals surface area (Å²) in [4.78, 5) is 32.9. The van der Waals surface area contributed by atoms with Crippen LogP contribution in [-0.4, -0.2) is 46.7 Å². The Morgan fingerprint density at radius 2 is 2.20 bits per heavy atom. The van der Waals surface area contributed by atoms with Crippen molar-refractivity contribution in [2.45, 2.75) is 25.8 Å². The van der Waals surface area contributed by atoms with Crippen LogP contribution in [0.2, 0.25) is 0 Å². The number of hydrogen-bond acceptors (Lipinski definition) is 4. The molecule has 2 atom stereocenters. The smallest absolute Gasteiger partial charge is 0.245 e. The molecule has 1 fully saturated rings. The molecule has 1 saturated heterocycles. The Morgan fingerprint density at radius 3 is 2.92 bits per heavy atom. The molecule has 2 amide bonds. The van der Waals surface area contributed by atoms with Crippen molar-refractivity contribution in [3.05, 3.63) is 41.9 Å². The standard InChI is InChI=1S/C19H23N3O2S/c1-4-17(23)22-11-7-8-14(12-22)19(24)21(3)13(2)18-20-15-9-5-6-10-16(15)25-18/h4-6,9-10,13-14H,1,7-8,11-12H2,2-3H3. The first kappa shape index (κ1) is 17.6. The molecule has 0 N–H and O–H groups in total. The predicted octanol–water partition coefficient (Wildman–Crippen LogP) is 3.24. The summed E-state index contributed by atoms with van der Waals surface area (Å²) >= 11 is 1.62. The average Bonchev–Trinajstić information content (AvgIpc) is 3.09. The minimum Gasteiger partial charge on any atom is -0.338 e. The summed E-state index contributed by atoms with van der Waals surface area (Å²) in [6.07, 6.45) is 2.98. The van der Waals surface area contributed by atoms with Gasteiger partial charge in [0.25, 0.3) is 0 Å². The van der Waals surface area contributed by atoms with Crippen LogP contribution in [0.3, 0.4) is 0 Å². The molecule has 1 aromatic heterocycles. The van der Waals surface area contributed by atoms with E-state index in [1.165, 1.54) is 6.08 Å². The lowest BCUT2D eigenvalue weighted by Crippen LogP contribution is -2.45. The number of amides is 2. The van der Waals surface area contributed by atoms with Crippen molar-refractivity contribution in [3.8, 4) is 0 Å². The zero-order chi connectivity index (χ0) is 18.0. The molecule has 3 rings (SSSR count). The largest absolute Gasteiger partial charge is 0.338 e. The average molecular weight is 357 g/mol. The van der Waals surface area contributed by atoms with E-state index in [1.54, 1.807) is 21.1 Å². The first-order chi connectivity index (χ1) is 12.0. The van der Waals surface area contributed by atoms with Crippen molar-refractivity contribution in [2.24, 2.45) is 5.92 Å². The summed E-state index contributed by atoms with van der Waals surface area (Å²) in [5.41, 5.74) is 0.968. The molecule has 0 radical (unpaired) electrons. The minimum atomic E-state index is -0.153. The van der Waals surface area contributed by atoms with Gasteiger partial charge in [0.2, 0.25) is 11.8 Å². The molecule has 132 valence electrons. The monoisotopic (exact) mass is 357 g/mol. The van der Waals surface area contributed by atoms with E-state index in [0.717, 1.165) is 28.1 Å². The number of thiazole rings is 1. The Kier molecular flexibility index (Phi) is 5.18. The van der Waals surface area contributed by atoms with Crippen LogP contribution in [0.5, 0.6) is 0 Å². The van der Waals surface area contributed by atoms with Crippen LogP contribution in [0.15, 0.2) is 36.9 Å². The van der Waals surface area contributed by atoms with Crippen molar-refractivity contribution in [1.29, 1.82) is 0 Å². The molecule has 25 heavy (non-hydrogen) atoms. The number of likely N-dealkylation sites (tertiary alicyclic amines) is 1. The Labute approximate surface area is 151 Å². The van der Waals surface area contributed by atoms with E-state index in [9.17, 15) is 9.59 Å². The van der Waals surface area contributed by atoms with Gasteiger partial charge < -0.3 is 9.80 Å². The number of aromatic nitrogens is 1. The van der Waals surface area contributed by atoms with Crippen LogP contribution in [0.1, 0.15) is 30.8 Å². The van der Waals surface area contributed by atoms with Gasteiger partial charge in [-0.2, -0.15) is 0 Å². The van der Waals surface area contributed by atoms with Gasteiger partial charge in [0, 0.05) is 20.1 Å². The molecular formula is C19H23N3O2S. The Hall–Kier alpha value is -2.21. The number of carbonyl (C=O) groups excluding carboxylic acids is 2. The molecule has 2 unspecified atom stereocenters. The topological polar surface area (TPSA) is 53.5 Å². The fraction of sp³-hybridized carbons (Fsp3) is 0.421. The predicted molar refractivity (Wildman–Crippen MR) is 100 cm³/mol. The summed E-state index contributed by atoms with van der Waals surface area (Å²) < 4.78 is 1.13. The van der Waals surface area contributed by atoms with Gasteiger partial charge in [-0.15, -0.1) is 11.3 Å². The van der Waals surface area contributed by atoms with E-state index >= 15 is 0 Å². The maximum Gasteiger partial charge on any atom is 0.245 e. The fourth-order valence-electron chi connectivity index (χ4n) is 3.22. The van der Waals surface area contributed by atoms with Gasteiger partial charge in [-0.1, -0.05) is 18.7 Å². The van der Waals surface area contributed by atoms with Gasteiger partial charge in [-0.05, 0) is 38.0 Å². The lowest BCUT2D eigenvalue weighted by Gasteiger charge is -2.34. The normalized spacial score (nSPS) is 18.8. The van der Waals surface area contributed by atoms with Gasteiger partial charge >= 0.3 is 0 Å². The molecule has 1 aliphatic heterocycles. The van der Waals surface area contributed by atoms with Crippen LogP contribution in [0, 0.1) is 5.92 Å². The number of piperidine rings is 1. The zero-order valence-corrected chi connectivity index (χ0v) is 15.5. The molecular weight excluding hydrogens is 334 g/mol. The van der Waals surface area contributed by atoms with Crippen LogP contribution in [0.4, 0.5) is 0 Å². The van der Waals surface area contributed by atoms with E-state index in [1.807, 2.05) is 38.2 Å². The Bertz CT molecular complexity index is 768. The minimum absolute atomic E-state index is 0.0771. The molecule has 0 saturated carbocycles. The van der Waals surface area contributed by atoms with Crippen molar-refractivity contribution >= 4 is 33.4 Å². The first-order valence-corrected chi connectivity index (χ1v) is 9.36. The third-order valence-electron chi connectivity index (χ3n) is 4.85. The van der Waals surface area contributed by atoms with Gasteiger partial charge in [-0.3, -0.25) is 9.59 Å². The maximum absolute atomic E-state index is 12.9.